The number of amides is 3. The lowest BCUT2D eigenvalue weighted by atomic mass is 9.88. The third-order valence-electron chi connectivity index (χ3n) is 6.80. The highest BCUT2D eigenvalue weighted by Gasteiger charge is 2.32. The Bertz CT molecular complexity index is 837. The van der Waals surface area contributed by atoms with Crippen molar-refractivity contribution in [2.24, 2.45) is 11.8 Å². The summed E-state index contributed by atoms with van der Waals surface area (Å²) < 4.78 is 25.7. The van der Waals surface area contributed by atoms with E-state index in [-0.39, 0.29) is 36.2 Å². The Morgan fingerprint density at radius 1 is 1.28 bits per heavy atom. The summed E-state index contributed by atoms with van der Waals surface area (Å²) in [6.45, 7) is 3.51. The number of carboxylic acid groups (broad SMARTS) is 1. The molecular weight excluding hydrogens is 491 g/mol. The highest BCUT2D eigenvalue weighted by molar-refractivity contribution is 6.30. The third kappa shape index (κ3) is 9.06. The van der Waals surface area contributed by atoms with Gasteiger partial charge in [-0.2, -0.15) is 0 Å². The van der Waals surface area contributed by atoms with Gasteiger partial charge < -0.3 is 35.4 Å². The molecule has 9 nitrogen and oxygen atoms in total. The maximum absolute atomic E-state index is 14.1. The Balaban J connectivity index is 1.65. The second-order valence-electron chi connectivity index (χ2n) is 9.57. The summed E-state index contributed by atoms with van der Waals surface area (Å²) in [6.07, 6.45) is 2.82. The van der Waals surface area contributed by atoms with E-state index in [0.29, 0.717) is 31.1 Å². The molecule has 0 spiro atoms. The van der Waals surface area contributed by atoms with Crippen LogP contribution in [0.5, 0.6) is 0 Å². The first-order valence-corrected chi connectivity index (χ1v) is 13.1. The van der Waals surface area contributed by atoms with Gasteiger partial charge in [0.05, 0.1) is 12.7 Å². The monoisotopic (exact) mass is 528 g/mol. The van der Waals surface area contributed by atoms with Crippen LogP contribution in [0.3, 0.4) is 0 Å². The topological polar surface area (TPSA) is 112 Å². The standard InChI is InChI=1S/C25H38ClFN4O5/c1-28-15-22(11-17-4-8-35-9-5-17)30-24(32)31-7-2-3-18(16-31)23(36-10-6-29-25(33)34)19-12-20(26)14-21(27)13-19/h12-14,17-18,22-23,28-29H,2-11,15-16H2,1H3,(H,30,32)(H,33,34)/t18-,22+,23?/m1/s1. The molecule has 202 valence electrons. The van der Waals surface area contributed by atoms with Crippen LogP contribution in [-0.2, 0) is 9.47 Å². The minimum atomic E-state index is -1.14. The van der Waals surface area contributed by atoms with E-state index in [1.165, 1.54) is 12.1 Å². The number of nitrogens with one attached hydrogen (secondary N) is 3. The Morgan fingerprint density at radius 2 is 2.06 bits per heavy atom. The van der Waals surface area contributed by atoms with Gasteiger partial charge >= 0.3 is 12.1 Å². The van der Waals surface area contributed by atoms with E-state index in [1.54, 1.807) is 11.0 Å². The van der Waals surface area contributed by atoms with Gasteiger partial charge in [-0.05, 0) is 68.8 Å². The molecule has 0 bridgehead atoms. The molecular formula is C25H38ClFN4O5. The van der Waals surface area contributed by atoms with Crippen LogP contribution in [0.1, 0.15) is 43.8 Å². The van der Waals surface area contributed by atoms with Crippen LogP contribution in [0.2, 0.25) is 5.02 Å². The third-order valence-corrected chi connectivity index (χ3v) is 7.02. The minimum absolute atomic E-state index is 0.0159. The van der Waals surface area contributed by atoms with Crippen LogP contribution < -0.4 is 16.0 Å². The Kier molecular flexibility index (Phi) is 11.5. The summed E-state index contributed by atoms with van der Waals surface area (Å²) in [7, 11) is 1.88. The highest BCUT2D eigenvalue weighted by atomic mass is 35.5. The fourth-order valence-corrected chi connectivity index (χ4v) is 5.35. The number of halogens is 2. The van der Waals surface area contributed by atoms with E-state index in [4.69, 9.17) is 26.2 Å². The molecule has 0 aliphatic carbocycles. The van der Waals surface area contributed by atoms with Crippen LogP contribution in [0.25, 0.3) is 0 Å². The van der Waals surface area contributed by atoms with Crippen molar-refractivity contribution in [2.45, 2.75) is 44.2 Å². The van der Waals surface area contributed by atoms with Gasteiger partial charge in [0, 0.05) is 56.4 Å². The number of likely N-dealkylation sites (N-methyl/N-ethyl adjacent to an activating group) is 1. The average Bonchev–Trinajstić information content (AvgIpc) is 2.84. The molecule has 2 fully saturated rings. The first kappa shape index (κ1) is 28.4. The largest absolute Gasteiger partial charge is 0.465 e. The summed E-state index contributed by atoms with van der Waals surface area (Å²) in [5, 5.41) is 17.8. The van der Waals surface area contributed by atoms with Crippen LogP contribution in [0.4, 0.5) is 14.0 Å². The highest BCUT2D eigenvalue weighted by Crippen LogP contribution is 2.34. The predicted octanol–water partition coefficient (Wildman–Crippen LogP) is 3.63. The molecule has 3 atom stereocenters. The van der Waals surface area contributed by atoms with Gasteiger partial charge in [0.1, 0.15) is 5.82 Å². The number of benzene rings is 1. The molecule has 3 rings (SSSR count). The number of likely N-dealkylation sites (tertiary alicyclic amines) is 1. The fourth-order valence-electron chi connectivity index (χ4n) is 5.12. The first-order chi connectivity index (χ1) is 17.4. The Labute approximate surface area is 217 Å². The SMILES string of the molecule is CNC[C@H](CC1CCOCC1)NC(=O)N1CCC[C@@H](C(OCCNC(=O)O)c2cc(F)cc(Cl)c2)C1. The molecule has 0 aromatic heterocycles. The number of carbonyl (C=O) groups excluding carboxylic acids is 1. The normalized spacial score (nSPS) is 20.5. The number of piperidine rings is 1. The lowest BCUT2D eigenvalue weighted by Crippen LogP contribution is -2.52. The van der Waals surface area contributed by atoms with Gasteiger partial charge in [0.2, 0.25) is 0 Å². The number of hydrogen-bond donors (Lipinski definition) is 4. The number of nitrogens with zero attached hydrogens (tertiary/aromatic N) is 1. The van der Waals surface area contributed by atoms with Crippen molar-refractivity contribution in [1.29, 1.82) is 0 Å². The quantitative estimate of drug-likeness (QED) is 0.326. The molecule has 2 heterocycles. The van der Waals surface area contributed by atoms with E-state index >= 15 is 0 Å². The summed E-state index contributed by atoms with van der Waals surface area (Å²) in [5.41, 5.74) is 0.579. The maximum atomic E-state index is 14.1. The summed E-state index contributed by atoms with van der Waals surface area (Å²) in [6, 6.07) is 4.18. The lowest BCUT2D eigenvalue weighted by Gasteiger charge is -2.38. The molecule has 1 aromatic carbocycles. The van der Waals surface area contributed by atoms with Gasteiger partial charge in [0.15, 0.2) is 0 Å². The van der Waals surface area contributed by atoms with Crippen molar-refractivity contribution in [1.82, 2.24) is 20.9 Å². The molecule has 1 unspecified atom stereocenters. The Hall–Kier alpha value is -2.14. The zero-order valence-electron chi connectivity index (χ0n) is 20.8. The fraction of sp³-hybridized carbons (Fsp3) is 0.680. The Morgan fingerprint density at radius 3 is 2.75 bits per heavy atom. The van der Waals surface area contributed by atoms with Crippen molar-refractivity contribution < 1.29 is 28.6 Å². The molecule has 11 heteroatoms. The van der Waals surface area contributed by atoms with Crippen molar-refractivity contribution in [3.05, 3.63) is 34.6 Å². The first-order valence-electron chi connectivity index (χ1n) is 12.7. The second kappa shape index (κ2) is 14.6. The van der Waals surface area contributed by atoms with Gasteiger partial charge in [0.25, 0.3) is 0 Å². The van der Waals surface area contributed by atoms with Crippen molar-refractivity contribution >= 4 is 23.7 Å². The lowest BCUT2D eigenvalue weighted by molar-refractivity contribution is -0.00870. The molecule has 0 radical (unpaired) electrons. The molecule has 36 heavy (non-hydrogen) atoms. The van der Waals surface area contributed by atoms with Crippen LogP contribution >= 0.6 is 11.6 Å². The molecule has 2 aliphatic heterocycles. The molecule has 0 saturated carbocycles. The van der Waals surface area contributed by atoms with Crippen LogP contribution in [0, 0.1) is 17.7 Å². The van der Waals surface area contributed by atoms with Crippen molar-refractivity contribution in [2.75, 3.05) is 53.0 Å². The van der Waals surface area contributed by atoms with E-state index < -0.39 is 18.0 Å². The number of rotatable bonds is 11. The molecule has 2 aliphatic rings. The van der Waals surface area contributed by atoms with Gasteiger partial charge in [-0.3, -0.25) is 0 Å². The van der Waals surface area contributed by atoms with E-state index in [9.17, 15) is 14.0 Å². The van der Waals surface area contributed by atoms with E-state index in [1.807, 2.05) is 7.05 Å². The molecule has 3 amide bonds. The molecule has 1 aromatic rings. The van der Waals surface area contributed by atoms with E-state index in [0.717, 1.165) is 45.3 Å². The number of ether oxygens (including phenoxy) is 2. The van der Waals surface area contributed by atoms with Gasteiger partial charge in [-0.15, -0.1) is 0 Å². The van der Waals surface area contributed by atoms with Gasteiger partial charge in [-0.25, -0.2) is 14.0 Å². The average molecular weight is 529 g/mol. The van der Waals surface area contributed by atoms with E-state index in [2.05, 4.69) is 16.0 Å². The number of carbonyl (C=O) groups is 2. The molecule has 4 N–H and O–H groups in total. The van der Waals surface area contributed by atoms with Crippen LogP contribution in [-0.4, -0.2) is 81.2 Å². The summed E-state index contributed by atoms with van der Waals surface area (Å²) in [4.78, 5) is 25.8. The number of hydrogen-bond acceptors (Lipinski definition) is 5. The zero-order valence-corrected chi connectivity index (χ0v) is 21.6. The predicted molar refractivity (Wildman–Crippen MR) is 135 cm³/mol. The number of urea groups is 1. The van der Waals surface area contributed by atoms with Crippen molar-refractivity contribution in [3.8, 4) is 0 Å². The van der Waals surface area contributed by atoms with Gasteiger partial charge in [-0.1, -0.05) is 11.6 Å². The second-order valence-corrected chi connectivity index (χ2v) is 10.0. The summed E-state index contributed by atoms with van der Waals surface area (Å²) in [5.74, 6) is -0.0324. The summed E-state index contributed by atoms with van der Waals surface area (Å²) >= 11 is 6.11. The van der Waals surface area contributed by atoms with Crippen molar-refractivity contribution in [3.63, 3.8) is 0 Å². The van der Waals surface area contributed by atoms with Crippen LogP contribution in [0.15, 0.2) is 18.2 Å². The zero-order chi connectivity index (χ0) is 25.9. The minimum Gasteiger partial charge on any atom is -0.465 e. The smallest absolute Gasteiger partial charge is 0.404 e. The maximum Gasteiger partial charge on any atom is 0.404 e. The molecule has 2 saturated heterocycles.